The van der Waals surface area contributed by atoms with E-state index in [0.29, 0.717) is 54.8 Å². The molecule has 1 aliphatic carbocycles. The number of hydrogen-bond donors (Lipinski definition) is 1. The number of benzene rings is 2. The molecule has 2 aliphatic rings. The smallest absolute Gasteiger partial charge is 0.272 e. The summed E-state index contributed by atoms with van der Waals surface area (Å²) in [4.78, 5) is 34.3. The molecular formula is C30H27BrN6O3. The first-order chi connectivity index (χ1) is 19.5. The molecule has 10 heteroatoms. The first kappa shape index (κ1) is 26.0. The minimum absolute atomic E-state index is 0.0366. The minimum atomic E-state index is -0.241. The molecule has 2 aromatic carbocycles. The molecule has 1 N–H and O–H groups in total. The van der Waals surface area contributed by atoms with E-state index in [1.54, 1.807) is 18.3 Å². The standard InChI is InChI=1S/C30H27BrN6O3/c31-22-13-20(14-27-26-16-24(40-23-2-1-3-23)5-6-25(26)29(38)35-34-27)12-21(15-22)30(39)37-10-8-36(9-11-37)28-7-4-19(17-32)18-33-28/h4-7,12-13,15-16,18,23H,1-3,8-11,14H2,(H,35,38). The summed E-state index contributed by atoms with van der Waals surface area (Å²) < 4.78 is 6.87. The van der Waals surface area contributed by atoms with Gasteiger partial charge in [-0.3, -0.25) is 9.59 Å². The fourth-order valence-electron chi connectivity index (χ4n) is 5.12. The van der Waals surface area contributed by atoms with E-state index in [2.05, 4.69) is 42.1 Å². The first-order valence-corrected chi connectivity index (χ1v) is 14.1. The van der Waals surface area contributed by atoms with Crippen LogP contribution in [0.3, 0.4) is 0 Å². The molecule has 0 spiro atoms. The number of nitrogens with one attached hydrogen (secondary N) is 1. The van der Waals surface area contributed by atoms with Crippen LogP contribution in [0.15, 0.2) is 64.0 Å². The molecule has 0 unspecified atom stereocenters. The van der Waals surface area contributed by atoms with Gasteiger partial charge in [0.05, 0.1) is 22.7 Å². The zero-order chi connectivity index (χ0) is 27.6. The lowest BCUT2D eigenvalue weighted by Crippen LogP contribution is -2.49. The Kier molecular flexibility index (Phi) is 7.22. The number of fused-ring (bicyclic) bond motifs is 1. The molecule has 0 atom stereocenters. The molecule has 40 heavy (non-hydrogen) atoms. The Balaban J connectivity index is 1.19. The van der Waals surface area contributed by atoms with Crippen LogP contribution in [-0.2, 0) is 6.42 Å². The van der Waals surface area contributed by atoms with Crippen molar-refractivity contribution in [2.75, 3.05) is 31.1 Å². The van der Waals surface area contributed by atoms with Gasteiger partial charge in [-0.1, -0.05) is 15.9 Å². The van der Waals surface area contributed by atoms with Crippen LogP contribution in [0.1, 0.15) is 46.4 Å². The maximum Gasteiger partial charge on any atom is 0.272 e. The quantitative estimate of drug-likeness (QED) is 0.349. The van der Waals surface area contributed by atoms with E-state index in [0.717, 1.165) is 39.8 Å². The molecule has 1 saturated heterocycles. The highest BCUT2D eigenvalue weighted by Crippen LogP contribution is 2.29. The lowest BCUT2D eigenvalue weighted by Gasteiger charge is -2.35. The van der Waals surface area contributed by atoms with Gasteiger partial charge in [-0.2, -0.15) is 10.4 Å². The summed E-state index contributed by atoms with van der Waals surface area (Å²) in [5, 5.41) is 17.3. The normalized spacial score (nSPS) is 15.5. The molecule has 0 bridgehead atoms. The Bertz CT molecular complexity index is 1670. The number of piperazine rings is 1. The van der Waals surface area contributed by atoms with Gasteiger partial charge < -0.3 is 14.5 Å². The van der Waals surface area contributed by atoms with Crippen molar-refractivity contribution in [1.82, 2.24) is 20.1 Å². The predicted molar refractivity (Wildman–Crippen MR) is 155 cm³/mol. The second kappa shape index (κ2) is 11.1. The number of halogens is 1. The third-order valence-corrected chi connectivity index (χ3v) is 8.00. The van der Waals surface area contributed by atoms with Gasteiger partial charge in [0, 0.05) is 54.2 Å². The largest absolute Gasteiger partial charge is 0.490 e. The topological polar surface area (TPSA) is 115 Å². The number of carbonyl (C=O) groups is 1. The van der Waals surface area contributed by atoms with Crippen molar-refractivity contribution in [1.29, 1.82) is 5.26 Å². The lowest BCUT2D eigenvalue weighted by atomic mass is 9.96. The van der Waals surface area contributed by atoms with Crippen molar-refractivity contribution in [3.63, 3.8) is 0 Å². The van der Waals surface area contributed by atoms with Crippen molar-refractivity contribution in [3.05, 3.63) is 91.9 Å². The van der Waals surface area contributed by atoms with E-state index in [1.165, 1.54) is 6.42 Å². The number of aromatic amines is 1. The van der Waals surface area contributed by atoms with E-state index >= 15 is 0 Å². The molecule has 1 amide bonds. The second-order valence-corrected chi connectivity index (χ2v) is 11.1. The highest BCUT2D eigenvalue weighted by atomic mass is 79.9. The summed E-state index contributed by atoms with van der Waals surface area (Å²) >= 11 is 3.58. The molecule has 3 heterocycles. The fraction of sp³-hybridized carbons (Fsp3) is 0.300. The van der Waals surface area contributed by atoms with Crippen LogP contribution in [0.5, 0.6) is 5.75 Å². The number of rotatable bonds is 6. The highest BCUT2D eigenvalue weighted by molar-refractivity contribution is 9.10. The first-order valence-electron chi connectivity index (χ1n) is 13.3. The van der Waals surface area contributed by atoms with Crippen molar-refractivity contribution in [2.24, 2.45) is 0 Å². The third kappa shape index (κ3) is 5.42. The van der Waals surface area contributed by atoms with Crippen molar-refractivity contribution < 1.29 is 9.53 Å². The van der Waals surface area contributed by atoms with Gasteiger partial charge in [0.25, 0.3) is 11.5 Å². The van der Waals surface area contributed by atoms with E-state index in [1.807, 2.05) is 41.3 Å². The molecule has 0 radical (unpaired) electrons. The minimum Gasteiger partial charge on any atom is -0.490 e. The number of nitriles is 1. The summed E-state index contributed by atoms with van der Waals surface area (Å²) in [6.45, 7) is 2.45. The second-order valence-electron chi connectivity index (χ2n) is 10.2. The molecular weight excluding hydrogens is 572 g/mol. The van der Waals surface area contributed by atoms with Gasteiger partial charge in [-0.15, -0.1) is 0 Å². The van der Waals surface area contributed by atoms with Crippen LogP contribution in [-0.4, -0.2) is 58.3 Å². The van der Waals surface area contributed by atoms with Gasteiger partial charge in [0.15, 0.2) is 0 Å². The van der Waals surface area contributed by atoms with E-state index in [9.17, 15) is 9.59 Å². The Labute approximate surface area is 239 Å². The fourth-order valence-corrected chi connectivity index (χ4v) is 5.66. The average molecular weight is 599 g/mol. The summed E-state index contributed by atoms with van der Waals surface area (Å²) in [5.41, 5.74) is 2.50. The molecule has 2 aromatic heterocycles. The number of ether oxygens (including phenoxy) is 1. The predicted octanol–water partition coefficient (Wildman–Crippen LogP) is 4.44. The van der Waals surface area contributed by atoms with Crippen molar-refractivity contribution in [2.45, 2.75) is 31.8 Å². The third-order valence-electron chi connectivity index (χ3n) is 7.54. The van der Waals surface area contributed by atoms with Gasteiger partial charge in [0.1, 0.15) is 17.6 Å². The molecule has 202 valence electrons. The van der Waals surface area contributed by atoms with E-state index in [-0.39, 0.29) is 17.6 Å². The summed E-state index contributed by atoms with van der Waals surface area (Å²) in [7, 11) is 0. The Morgan fingerprint density at radius 2 is 1.90 bits per heavy atom. The van der Waals surface area contributed by atoms with Gasteiger partial charge >= 0.3 is 0 Å². The molecule has 1 aliphatic heterocycles. The van der Waals surface area contributed by atoms with Crippen molar-refractivity contribution >= 4 is 38.4 Å². The summed E-state index contributed by atoms with van der Waals surface area (Å²) in [6, 6.07) is 16.9. The number of aromatic nitrogens is 3. The van der Waals surface area contributed by atoms with Crippen LogP contribution < -0.4 is 15.2 Å². The van der Waals surface area contributed by atoms with Gasteiger partial charge in [0.2, 0.25) is 0 Å². The molecule has 6 rings (SSSR count). The summed E-state index contributed by atoms with van der Waals surface area (Å²) in [5.74, 6) is 1.51. The number of anilines is 1. The molecule has 2 fully saturated rings. The summed E-state index contributed by atoms with van der Waals surface area (Å²) in [6.07, 6.45) is 5.52. The maximum absolute atomic E-state index is 13.5. The van der Waals surface area contributed by atoms with Crippen LogP contribution >= 0.6 is 15.9 Å². The van der Waals surface area contributed by atoms with Crippen molar-refractivity contribution in [3.8, 4) is 11.8 Å². The zero-order valence-electron chi connectivity index (χ0n) is 21.8. The van der Waals surface area contributed by atoms with Crippen LogP contribution in [0.4, 0.5) is 5.82 Å². The Hall–Kier alpha value is -4.23. The Morgan fingerprint density at radius 1 is 1.07 bits per heavy atom. The van der Waals surface area contributed by atoms with Gasteiger partial charge in [-0.25, -0.2) is 10.1 Å². The molecule has 4 aromatic rings. The zero-order valence-corrected chi connectivity index (χ0v) is 23.4. The average Bonchev–Trinajstić information content (AvgIpc) is 2.96. The monoisotopic (exact) mass is 598 g/mol. The van der Waals surface area contributed by atoms with Crippen LogP contribution in [0.25, 0.3) is 10.8 Å². The number of carbonyl (C=O) groups excluding carboxylic acids is 1. The number of hydrogen-bond acceptors (Lipinski definition) is 7. The van der Waals surface area contributed by atoms with E-state index in [4.69, 9.17) is 10.00 Å². The van der Waals surface area contributed by atoms with Crippen LogP contribution in [0.2, 0.25) is 0 Å². The Morgan fingerprint density at radius 3 is 2.60 bits per heavy atom. The number of nitrogens with zero attached hydrogens (tertiary/aromatic N) is 5. The maximum atomic E-state index is 13.5. The van der Waals surface area contributed by atoms with E-state index < -0.39 is 0 Å². The number of pyridine rings is 1. The lowest BCUT2D eigenvalue weighted by molar-refractivity contribution is 0.0746. The number of H-pyrrole nitrogens is 1. The van der Waals surface area contributed by atoms with Crippen LogP contribution in [0, 0.1) is 11.3 Å². The number of amides is 1. The SMILES string of the molecule is N#Cc1ccc(N2CCN(C(=O)c3cc(Br)cc(Cc4n[nH]c(=O)c5ccc(OC6CCC6)cc45)c3)CC2)nc1. The van der Waals surface area contributed by atoms with Gasteiger partial charge in [-0.05, 0) is 73.4 Å². The molecule has 1 saturated carbocycles. The molecule has 9 nitrogen and oxygen atoms in total. The highest BCUT2D eigenvalue weighted by Gasteiger charge is 2.24.